The molecule has 8 nitrogen and oxygen atoms in total. The van der Waals surface area contributed by atoms with Crippen LogP contribution in [-0.2, 0) is 16.1 Å². The van der Waals surface area contributed by atoms with Crippen molar-refractivity contribution in [2.45, 2.75) is 52.7 Å². The molecule has 13 heteroatoms. The number of rotatable bonds is 12. The Morgan fingerprint density at radius 3 is 2.24 bits per heavy atom. The van der Waals surface area contributed by atoms with Crippen molar-refractivity contribution in [3.8, 4) is 22.8 Å². The van der Waals surface area contributed by atoms with Crippen molar-refractivity contribution < 1.29 is 37.0 Å². The van der Waals surface area contributed by atoms with Crippen LogP contribution in [0.25, 0.3) is 16.8 Å². The Hall–Kier alpha value is -4.22. The van der Waals surface area contributed by atoms with Gasteiger partial charge in [0.05, 0.1) is 17.7 Å². The van der Waals surface area contributed by atoms with E-state index in [0.717, 1.165) is 0 Å². The number of nitrogens with zero attached hydrogens (tertiary/aromatic N) is 2. The number of benzene rings is 2. The lowest BCUT2D eigenvalue weighted by Crippen LogP contribution is -2.29. The lowest BCUT2D eigenvalue weighted by atomic mass is 10.1. The molecule has 0 radical (unpaired) electrons. The fourth-order valence-electron chi connectivity index (χ4n) is 3.78. The lowest BCUT2D eigenvalue weighted by molar-refractivity contribution is -0.274. The first kappa shape index (κ1) is 35.3. The number of alkyl halides is 3. The standard InChI is InChI=1S/C32H32Cl2F3N3O5/c1-20(33)16-25(34)17-21(2)40-18-27(23-10-12-26(13-11-23)44-32(35,36)37)30(39-40)43-19-22-6-8-24(9-7-22)29(42)38-15-14-28(41)45-31(3,4)5/h6-13,16-18H,2,14-15,19H2,1,3-5H3,(H,38,42)/b20-16+,25-17+. The number of aromatic nitrogens is 2. The number of carbonyl (C=O) groups excluding carboxylic acids is 2. The molecule has 0 aliphatic heterocycles. The Balaban J connectivity index is 1.74. The van der Waals surface area contributed by atoms with Crippen molar-refractivity contribution in [3.05, 3.63) is 94.7 Å². The molecule has 0 aliphatic carbocycles. The smallest absolute Gasteiger partial charge is 0.471 e. The van der Waals surface area contributed by atoms with Crippen LogP contribution in [0.1, 0.15) is 50.0 Å². The van der Waals surface area contributed by atoms with E-state index in [1.807, 2.05) is 0 Å². The summed E-state index contributed by atoms with van der Waals surface area (Å²) in [6.45, 7) is 11.1. The van der Waals surface area contributed by atoms with Crippen LogP contribution >= 0.6 is 23.2 Å². The molecule has 0 fully saturated rings. The summed E-state index contributed by atoms with van der Waals surface area (Å²) in [6.07, 6.45) is -0.123. The van der Waals surface area contributed by atoms with Gasteiger partial charge in [-0.2, -0.15) is 0 Å². The molecule has 1 aromatic heterocycles. The van der Waals surface area contributed by atoms with Gasteiger partial charge in [-0.3, -0.25) is 9.59 Å². The van der Waals surface area contributed by atoms with E-state index in [2.05, 4.69) is 21.7 Å². The van der Waals surface area contributed by atoms with E-state index >= 15 is 0 Å². The van der Waals surface area contributed by atoms with Gasteiger partial charge in [-0.25, -0.2) is 4.68 Å². The highest BCUT2D eigenvalue weighted by molar-refractivity contribution is 6.34. The molecule has 1 N–H and O–H groups in total. The summed E-state index contributed by atoms with van der Waals surface area (Å²) >= 11 is 12.1. The number of amides is 1. The van der Waals surface area contributed by atoms with Crippen LogP contribution in [0.3, 0.4) is 0 Å². The van der Waals surface area contributed by atoms with Gasteiger partial charge in [0.1, 0.15) is 18.0 Å². The Morgan fingerprint density at radius 1 is 1.02 bits per heavy atom. The number of carbonyl (C=O) groups is 2. The third kappa shape index (κ3) is 12.0. The van der Waals surface area contributed by atoms with E-state index < -0.39 is 17.9 Å². The summed E-state index contributed by atoms with van der Waals surface area (Å²) < 4.78 is 54.5. The van der Waals surface area contributed by atoms with E-state index in [1.54, 1.807) is 58.2 Å². The molecule has 1 heterocycles. The Bertz CT molecular complexity index is 1570. The van der Waals surface area contributed by atoms with Gasteiger partial charge in [-0.05, 0) is 75.2 Å². The Kier molecular flexibility index (Phi) is 11.9. The minimum atomic E-state index is -4.82. The zero-order valence-electron chi connectivity index (χ0n) is 25.0. The number of allylic oxidation sites excluding steroid dienone is 5. The van der Waals surface area contributed by atoms with Crippen LogP contribution in [0.2, 0.25) is 0 Å². The van der Waals surface area contributed by atoms with Crippen LogP contribution in [-0.4, -0.2) is 40.2 Å². The molecule has 0 unspecified atom stereocenters. The van der Waals surface area contributed by atoms with Crippen molar-refractivity contribution in [1.29, 1.82) is 0 Å². The second-order valence-corrected chi connectivity index (χ2v) is 11.7. The minimum Gasteiger partial charge on any atom is -0.471 e. The fourth-order valence-corrected chi connectivity index (χ4v) is 4.24. The predicted octanol–water partition coefficient (Wildman–Crippen LogP) is 8.23. The maximum atomic E-state index is 12.6. The molecule has 0 saturated heterocycles. The first-order chi connectivity index (χ1) is 21.0. The maximum absolute atomic E-state index is 12.6. The molecule has 3 rings (SSSR count). The van der Waals surface area contributed by atoms with Crippen LogP contribution in [0.5, 0.6) is 11.6 Å². The van der Waals surface area contributed by atoms with Crippen molar-refractivity contribution in [3.63, 3.8) is 0 Å². The van der Waals surface area contributed by atoms with E-state index in [4.69, 9.17) is 32.7 Å². The van der Waals surface area contributed by atoms with Gasteiger partial charge < -0.3 is 19.5 Å². The Morgan fingerprint density at radius 2 is 1.67 bits per heavy atom. The average molecular weight is 667 g/mol. The zero-order valence-corrected chi connectivity index (χ0v) is 26.5. The summed E-state index contributed by atoms with van der Waals surface area (Å²) in [7, 11) is 0. The van der Waals surface area contributed by atoms with E-state index in [0.29, 0.717) is 38.0 Å². The van der Waals surface area contributed by atoms with Crippen LogP contribution < -0.4 is 14.8 Å². The van der Waals surface area contributed by atoms with Gasteiger partial charge in [0.2, 0.25) is 5.88 Å². The number of hydrogen-bond acceptors (Lipinski definition) is 6. The second kappa shape index (κ2) is 15.2. The van der Waals surface area contributed by atoms with Crippen LogP contribution in [0.15, 0.2) is 83.5 Å². The van der Waals surface area contributed by atoms with Gasteiger partial charge >= 0.3 is 12.3 Å². The van der Waals surface area contributed by atoms with Gasteiger partial charge in [-0.15, -0.1) is 18.3 Å². The number of esters is 1. The van der Waals surface area contributed by atoms with Gasteiger partial charge in [0.25, 0.3) is 5.91 Å². The first-order valence-corrected chi connectivity index (χ1v) is 14.3. The summed E-state index contributed by atoms with van der Waals surface area (Å²) in [5.74, 6) is -0.974. The van der Waals surface area contributed by atoms with Gasteiger partial charge in [-0.1, -0.05) is 54.0 Å². The monoisotopic (exact) mass is 665 g/mol. The molecule has 0 bridgehead atoms. The number of ether oxygens (including phenoxy) is 3. The topological polar surface area (TPSA) is 91.7 Å². The highest BCUT2D eigenvalue weighted by atomic mass is 35.5. The SMILES string of the molecule is C=C(/C=C(Cl)\C=C(/C)Cl)n1cc(-c2ccc(OC(F)(F)F)cc2)c(OCc2ccc(C(=O)NCCC(=O)OC(C)(C)C)cc2)n1. The van der Waals surface area contributed by atoms with Crippen molar-refractivity contribution in [1.82, 2.24) is 15.1 Å². The summed E-state index contributed by atoms with van der Waals surface area (Å²) in [5.41, 5.74) is 1.82. The molecule has 1 amide bonds. The van der Waals surface area contributed by atoms with Crippen LogP contribution in [0.4, 0.5) is 13.2 Å². The third-order valence-corrected chi connectivity index (χ3v) is 5.97. The molecular formula is C32H32Cl2F3N3O5. The summed E-state index contributed by atoms with van der Waals surface area (Å²) in [4.78, 5) is 24.3. The normalized spacial score (nSPS) is 12.5. The average Bonchev–Trinajstić information content (AvgIpc) is 3.34. The van der Waals surface area contributed by atoms with Crippen molar-refractivity contribution in [2.75, 3.05) is 6.54 Å². The first-order valence-electron chi connectivity index (χ1n) is 13.6. The molecule has 0 aliphatic rings. The number of nitrogens with one attached hydrogen (secondary N) is 1. The molecule has 45 heavy (non-hydrogen) atoms. The second-order valence-electron chi connectivity index (χ2n) is 10.7. The maximum Gasteiger partial charge on any atom is 0.573 e. The summed E-state index contributed by atoms with van der Waals surface area (Å²) in [6, 6.07) is 11.9. The molecule has 3 aromatic rings. The number of hydrogen-bond donors (Lipinski definition) is 1. The lowest BCUT2D eigenvalue weighted by Gasteiger charge is -2.19. The largest absolute Gasteiger partial charge is 0.573 e. The zero-order chi connectivity index (χ0) is 33.4. The molecule has 240 valence electrons. The predicted molar refractivity (Wildman–Crippen MR) is 167 cm³/mol. The third-order valence-electron chi connectivity index (χ3n) is 5.64. The molecule has 0 atom stereocenters. The quantitative estimate of drug-likeness (QED) is 0.155. The van der Waals surface area contributed by atoms with E-state index in [-0.39, 0.29) is 37.1 Å². The fraction of sp³-hybridized carbons (Fsp3) is 0.281. The van der Waals surface area contributed by atoms with Crippen LogP contribution in [0, 0.1) is 0 Å². The highest BCUT2D eigenvalue weighted by Gasteiger charge is 2.31. The van der Waals surface area contributed by atoms with Gasteiger partial charge in [0, 0.05) is 28.4 Å². The highest BCUT2D eigenvalue weighted by Crippen LogP contribution is 2.33. The molecule has 2 aromatic carbocycles. The number of halogens is 5. The summed E-state index contributed by atoms with van der Waals surface area (Å²) in [5, 5.41) is 7.90. The van der Waals surface area contributed by atoms with E-state index in [9.17, 15) is 22.8 Å². The van der Waals surface area contributed by atoms with Crippen molar-refractivity contribution >= 4 is 40.8 Å². The molecular weight excluding hydrogens is 634 g/mol. The van der Waals surface area contributed by atoms with Crippen molar-refractivity contribution in [2.24, 2.45) is 0 Å². The van der Waals surface area contributed by atoms with E-state index in [1.165, 1.54) is 41.1 Å². The molecule has 0 spiro atoms. The van der Waals surface area contributed by atoms with Gasteiger partial charge in [0.15, 0.2) is 0 Å². The Labute approximate surface area is 269 Å². The minimum absolute atomic E-state index is 0.0411. The molecule has 0 saturated carbocycles.